The number of fused-ring (bicyclic) bond motifs is 1. The van der Waals surface area contributed by atoms with E-state index >= 15 is 0 Å². The van der Waals surface area contributed by atoms with Gasteiger partial charge in [-0.1, -0.05) is 42.5 Å². The molecule has 0 saturated heterocycles. The maximum absolute atomic E-state index is 14.1. The van der Waals surface area contributed by atoms with Gasteiger partial charge in [0.1, 0.15) is 11.5 Å². The molecule has 0 aliphatic carbocycles. The van der Waals surface area contributed by atoms with Gasteiger partial charge in [-0.3, -0.25) is 9.89 Å². The van der Waals surface area contributed by atoms with Crippen LogP contribution in [0.25, 0.3) is 22.2 Å². The van der Waals surface area contributed by atoms with Gasteiger partial charge in [0.25, 0.3) is 5.91 Å². The van der Waals surface area contributed by atoms with Crippen LogP contribution in [0, 0.1) is 12.7 Å². The number of H-pyrrole nitrogens is 2. The van der Waals surface area contributed by atoms with E-state index in [-0.39, 0.29) is 17.8 Å². The topological polar surface area (TPSA) is 64.8 Å². The Balaban J connectivity index is 1.62. The number of benzene rings is 2. The van der Waals surface area contributed by atoms with Crippen molar-refractivity contribution in [3.05, 3.63) is 77.4 Å². The average molecular weight is 376 g/mol. The number of hydrogen-bond donors (Lipinski definition) is 2. The molecule has 0 saturated carbocycles. The Morgan fingerprint density at radius 2 is 1.89 bits per heavy atom. The molecule has 6 heteroatoms. The molecule has 28 heavy (non-hydrogen) atoms. The highest BCUT2D eigenvalue weighted by Crippen LogP contribution is 2.28. The monoisotopic (exact) mass is 376 g/mol. The Kier molecular flexibility index (Phi) is 4.47. The van der Waals surface area contributed by atoms with Crippen LogP contribution >= 0.6 is 0 Å². The van der Waals surface area contributed by atoms with Crippen LogP contribution < -0.4 is 0 Å². The largest absolute Gasteiger partial charge is 0.348 e. The molecule has 0 radical (unpaired) electrons. The second-order valence-corrected chi connectivity index (χ2v) is 6.95. The van der Waals surface area contributed by atoms with Crippen molar-refractivity contribution >= 4 is 16.8 Å². The molecule has 0 fully saturated rings. The van der Waals surface area contributed by atoms with Gasteiger partial charge >= 0.3 is 0 Å². The zero-order valence-corrected chi connectivity index (χ0v) is 16.0. The molecule has 5 nitrogen and oxygen atoms in total. The van der Waals surface area contributed by atoms with E-state index in [1.54, 1.807) is 18.0 Å². The van der Waals surface area contributed by atoms with Crippen molar-refractivity contribution in [3.63, 3.8) is 0 Å². The van der Waals surface area contributed by atoms with Crippen molar-refractivity contribution in [1.29, 1.82) is 0 Å². The van der Waals surface area contributed by atoms with E-state index in [0.717, 1.165) is 27.9 Å². The van der Waals surface area contributed by atoms with Gasteiger partial charge in [-0.2, -0.15) is 5.10 Å². The van der Waals surface area contributed by atoms with E-state index in [2.05, 4.69) is 15.2 Å². The highest BCUT2D eigenvalue weighted by atomic mass is 19.1. The van der Waals surface area contributed by atoms with Crippen molar-refractivity contribution in [3.8, 4) is 11.3 Å². The first-order chi connectivity index (χ1) is 13.5. The molecule has 142 valence electrons. The third kappa shape index (κ3) is 2.97. The van der Waals surface area contributed by atoms with Gasteiger partial charge in [0, 0.05) is 18.0 Å². The lowest BCUT2D eigenvalue weighted by molar-refractivity contribution is 0.0734. The van der Waals surface area contributed by atoms with Gasteiger partial charge in [0.05, 0.1) is 22.9 Å². The number of aryl methyl sites for hydroxylation is 1. The smallest absolute Gasteiger partial charge is 0.270 e. The van der Waals surface area contributed by atoms with Crippen LogP contribution in [0.2, 0.25) is 0 Å². The Hall–Kier alpha value is -3.41. The van der Waals surface area contributed by atoms with Crippen LogP contribution in [0.1, 0.15) is 34.7 Å². The summed E-state index contributed by atoms with van der Waals surface area (Å²) < 4.78 is 14.1. The Morgan fingerprint density at radius 3 is 2.61 bits per heavy atom. The maximum atomic E-state index is 14.1. The lowest BCUT2D eigenvalue weighted by Gasteiger charge is -2.23. The Labute approximate surface area is 162 Å². The van der Waals surface area contributed by atoms with E-state index < -0.39 is 0 Å². The number of amides is 1. The molecular weight excluding hydrogens is 355 g/mol. The number of halogens is 1. The average Bonchev–Trinajstić information content (AvgIpc) is 3.33. The quantitative estimate of drug-likeness (QED) is 0.535. The molecule has 2 N–H and O–H groups in total. The third-order valence-corrected chi connectivity index (χ3v) is 5.28. The third-order valence-electron chi connectivity index (χ3n) is 5.28. The van der Waals surface area contributed by atoms with Crippen molar-refractivity contribution in [2.24, 2.45) is 0 Å². The molecule has 1 atom stereocenters. The summed E-state index contributed by atoms with van der Waals surface area (Å²) >= 11 is 0. The second kappa shape index (κ2) is 6.96. The summed E-state index contributed by atoms with van der Waals surface area (Å²) in [6.07, 6.45) is 0. The fraction of sp³-hybridized carbons (Fsp3) is 0.182. The van der Waals surface area contributed by atoms with E-state index in [1.165, 1.54) is 6.07 Å². The molecule has 2 aromatic heterocycles. The van der Waals surface area contributed by atoms with Gasteiger partial charge in [-0.15, -0.1) is 0 Å². The SMILES string of the molecule is Cc1c(C(=O)N(C)[C@H](C)c2cc(-c3ccccc3)n[nH]2)[nH]c2c(F)cccc12. The van der Waals surface area contributed by atoms with Crippen molar-refractivity contribution in [2.75, 3.05) is 7.05 Å². The van der Waals surface area contributed by atoms with Crippen molar-refractivity contribution < 1.29 is 9.18 Å². The van der Waals surface area contributed by atoms with Crippen molar-refractivity contribution in [1.82, 2.24) is 20.1 Å². The zero-order chi connectivity index (χ0) is 19.8. The summed E-state index contributed by atoms with van der Waals surface area (Å²) in [7, 11) is 1.73. The minimum absolute atomic E-state index is 0.198. The Morgan fingerprint density at radius 1 is 1.14 bits per heavy atom. The molecule has 0 bridgehead atoms. The lowest BCUT2D eigenvalue weighted by atomic mass is 10.1. The summed E-state index contributed by atoms with van der Waals surface area (Å²) in [6, 6.07) is 16.4. The predicted molar refractivity (Wildman–Crippen MR) is 108 cm³/mol. The molecule has 2 aromatic carbocycles. The zero-order valence-electron chi connectivity index (χ0n) is 16.0. The summed E-state index contributed by atoms with van der Waals surface area (Å²) in [5, 5.41) is 8.11. The van der Waals surface area contributed by atoms with Gasteiger partial charge in [-0.05, 0) is 31.5 Å². The fourth-order valence-corrected chi connectivity index (χ4v) is 3.40. The van der Waals surface area contributed by atoms with Gasteiger partial charge in [0.2, 0.25) is 0 Å². The van der Waals surface area contributed by atoms with E-state index in [4.69, 9.17) is 0 Å². The number of para-hydroxylation sites is 1. The summed E-state index contributed by atoms with van der Waals surface area (Å²) in [6.45, 7) is 3.76. The molecule has 1 amide bonds. The van der Waals surface area contributed by atoms with Gasteiger partial charge in [-0.25, -0.2) is 4.39 Å². The number of hydrogen-bond acceptors (Lipinski definition) is 2. The first kappa shape index (κ1) is 18.0. The number of aromatic nitrogens is 3. The predicted octanol–water partition coefficient (Wildman–Crippen LogP) is 4.84. The fourth-order valence-electron chi connectivity index (χ4n) is 3.40. The second-order valence-electron chi connectivity index (χ2n) is 6.95. The number of rotatable bonds is 4. The summed E-state index contributed by atoms with van der Waals surface area (Å²) in [4.78, 5) is 17.7. The number of carbonyl (C=O) groups is 1. The van der Waals surface area contributed by atoms with Crippen LogP contribution in [0.3, 0.4) is 0 Å². The maximum Gasteiger partial charge on any atom is 0.270 e. The summed E-state index contributed by atoms with van der Waals surface area (Å²) in [5.41, 5.74) is 4.16. The molecule has 0 aliphatic rings. The molecule has 4 rings (SSSR count). The normalized spacial score (nSPS) is 12.3. The lowest BCUT2D eigenvalue weighted by Crippen LogP contribution is -2.30. The van der Waals surface area contributed by atoms with E-state index in [9.17, 15) is 9.18 Å². The highest BCUT2D eigenvalue weighted by molar-refractivity contribution is 6.01. The number of carbonyl (C=O) groups excluding carboxylic acids is 1. The summed E-state index contributed by atoms with van der Waals surface area (Å²) in [5.74, 6) is -0.562. The molecule has 0 unspecified atom stereocenters. The molecule has 4 aromatic rings. The van der Waals surface area contributed by atoms with E-state index in [1.807, 2.05) is 56.3 Å². The minimum atomic E-state index is -0.364. The van der Waals surface area contributed by atoms with Crippen LogP contribution in [0.5, 0.6) is 0 Å². The van der Waals surface area contributed by atoms with Gasteiger partial charge < -0.3 is 9.88 Å². The van der Waals surface area contributed by atoms with Gasteiger partial charge in [0.15, 0.2) is 0 Å². The van der Waals surface area contributed by atoms with Crippen LogP contribution in [0.4, 0.5) is 4.39 Å². The molecular formula is C22H21FN4O. The van der Waals surface area contributed by atoms with E-state index in [0.29, 0.717) is 11.2 Å². The number of aromatic amines is 2. The van der Waals surface area contributed by atoms with Crippen molar-refractivity contribution in [2.45, 2.75) is 19.9 Å². The minimum Gasteiger partial charge on any atom is -0.348 e. The first-order valence-corrected chi connectivity index (χ1v) is 9.12. The molecule has 0 aliphatic heterocycles. The first-order valence-electron chi connectivity index (χ1n) is 9.12. The molecule has 0 spiro atoms. The van der Waals surface area contributed by atoms with Crippen LogP contribution in [-0.4, -0.2) is 33.0 Å². The highest BCUT2D eigenvalue weighted by Gasteiger charge is 2.24. The van der Waals surface area contributed by atoms with Crippen LogP contribution in [0.15, 0.2) is 54.6 Å². The standard InChI is InChI=1S/C22H21FN4O/c1-13-16-10-7-11-17(23)21(16)24-20(13)22(28)27(3)14(2)18-12-19(26-25-18)15-8-5-4-6-9-15/h4-12,14,24H,1-3H3,(H,25,26)/t14-/m1/s1. The number of nitrogens with one attached hydrogen (secondary N) is 2. The number of nitrogens with zero attached hydrogens (tertiary/aromatic N) is 2. The Bertz CT molecular complexity index is 1150. The van der Waals surface area contributed by atoms with Crippen LogP contribution in [-0.2, 0) is 0 Å². The molecule has 2 heterocycles.